The largest absolute Gasteiger partial charge is 0.356 e. The molecule has 2 aromatic rings. The molecule has 0 aliphatic rings. The predicted molar refractivity (Wildman–Crippen MR) is 56.2 cm³/mol. The van der Waals surface area contributed by atoms with E-state index in [2.05, 4.69) is 5.16 Å². The van der Waals surface area contributed by atoms with E-state index in [1.807, 2.05) is 37.3 Å². The topological polar surface area (TPSA) is 26.0 Å². The van der Waals surface area contributed by atoms with Crippen molar-refractivity contribution >= 4 is 11.6 Å². The maximum atomic E-state index is 5.69. The molecular weight excluding hydrogens is 198 g/mol. The molecule has 0 saturated carbocycles. The minimum absolute atomic E-state index is 0.537. The zero-order valence-electron chi connectivity index (χ0n) is 7.83. The first kappa shape index (κ1) is 9.28. The van der Waals surface area contributed by atoms with E-state index in [9.17, 15) is 0 Å². The van der Waals surface area contributed by atoms with Gasteiger partial charge < -0.3 is 4.52 Å². The standard InChI is InChI=1S/C11H10ClNO/c1-8-6-11(14-13-8)10-4-2-9(7-12)3-5-10/h2-6H,7H2,1H3. The second-order valence-corrected chi connectivity index (χ2v) is 3.43. The van der Waals surface area contributed by atoms with Gasteiger partial charge in [0.15, 0.2) is 5.76 Å². The molecule has 2 rings (SSSR count). The summed E-state index contributed by atoms with van der Waals surface area (Å²) in [5.41, 5.74) is 3.02. The van der Waals surface area contributed by atoms with Gasteiger partial charge in [-0.25, -0.2) is 0 Å². The van der Waals surface area contributed by atoms with Crippen molar-refractivity contribution in [1.82, 2.24) is 5.16 Å². The van der Waals surface area contributed by atoms with E-state index >= 15 is 0 Å². The Morgan fingerprint density at radius 3 is 2.50 bits per heavy atom. The fourth-order valence-electron chi connectivity index (χ4n) is 1.26. The van der Waals surface area contributed by atoms with Gasteiger partial charge in [-0.3, -0.25) is 0 Å². The van der Waals surface area contributed by atoms with Crippen molar-refractivity contribution < 1.29 is 4.52 Å². The zero-order chi connectivity index (χ0) is 9.97. The molecule has 14 heavy (non-hydrogen) atoms. The third kappa shape index (κ3) is 1.80. The van der Waals surface area contributed by atoms with Crippen LogP contribution in [0.4, 0.5) is 0 Å². The highest BCUT2D eigenvalue weighted by Crippen LogP contribution is 2.20. The quantitative estimate of drug-likeness (QED) is 0.706. The number of benzene rings is 1. The van der Waals surface area contributed by atoms with Crippen LogP contribution in [0, 0.1) is 6.92 Å². The van der Waals surface area contributed by atoms with Crippen molar-refractivity contribution in [1.29, 1.82) is 0 Å². The maximum Gasteiger partial charge on any atom is 0.167 e. The van der Waals surface area contributed by atoms with Crippen molar-refractivity contribution in [2.75, 3.05) is 0 Å². The van der Waals surface area contributed by atoms with Crippen LogP contribution in [0.25, 0.3) is 11.3 Å². The summed E-state index contributed by atoms with van der Waals surface area (Å²) in [5, 5.41) is 3.83. The van der Waals surface area contributed by atoms with E-state index < -0.39 is 0 Å². The van der Waals surface area contributed by atoms with Gasteiger partial charge in [-0.1, -0.05) is 29.4 Å². The van der Waals surface area contributed by atoms with E-state index in [0.717, 1.165) is 22.6 Å². The Labute approximate surface area is 87.5 Å². The number of nitrogens with zero attached hydrogens (tertiary/aromatic N) is 1. The molecule has 0 aliphatic carbocycles. The minimum atomic E-state index is 0.537. The van der Waals surface area contributed by atoms with Gasteiger partial charge in [-0.05, 0) is 12.5 Å². The van der Waals surface area contributed by atoms with Gasteiger partial charge in [0.1, 0.15) is 0 Å². The number of aromatic nitrogens is 1. The number of alkyl halides is 1. The Balaban J connectivity index is 2.33. The lowest BCUT2D eigenvalue weighted by Crippen LogP contribution is -1.78. The van der Waals surface area contributed by atoms with Crippen LogP contribution in [0.2, 0.25) is 0 Å². The maximum absolute atomic E-state index is 5.69. The van der Waals surface area contributed by atoms with Crippen LogP contribution in [0.1, 0.15) is 11.3 Å². The smallest absolute Gasteiger partial charge is 0.167 e. The van der Waals surface area contributed by atoms with Gasteiger partial charge in [-0.2, -0.15) is 0 Å². The highest BCUT2D eigenvalue weighted by Gasteiger charge is 2.03. The third-order valence-corrected chi connectivity index (χ3v) is 2.33. The summed E-state index contributed by atoms with van der Waals surface area (Å²) < 4.78 is 5.14. The van der Waals surface area contributed by atoms with Crippen molar-refractivity contribution in [3.8, 4) is 11.3 Å². The third-order valence-electron chi connectivity index (χ3n) is 2.02. The number of rotatable bonds is 2. The molecule has 1 heterocycles. The molecule has 0 bridgehead atoms. The van der Waals surface area contributed by atoms with Crippen LogP contribution in [0.3, 0.4) is 0 Å². The van der Waals surface area contributed by atoms with Crippen LogP contribution in [0.15, 0.2) is 34.9 Å². The van der Waals surface area contributed by atoms with E-state index in [-0.39, 0.29) is 0 Å². The number of aryl methyl sites for hydroxylation is 1. The molecule has 1 aromatic carbocycles. The lowest BCUT2D eigenvalue weighted by atomic mass is 10.1. The predicted octanol–water partition coefficient (Wildman–Crippen LogP) is 3.39. The molecule has 0 aliphatic heterocycles. The Kier molecular flexibility index (Phi) is 2.55. The fourth-order valence-corrected chi connectivity index (χ4v) is 1.44. The van der Waals surface area contributed by atoms with Crippen molar-refractivity contribution in [2.24, 2.45) is 0 Å². The summed E-state index contributed by atoms with van der Waals surface area (Å²) in [7, 11) is 0. The molecule has 1 aromatic heterocycles. The van der Waals surface area contributed by atoms with Crippen molar-refractivity contribution in [3.05, 3.63) is 41.6 Å². The van der Waals surface area contributed by atoms with E-state index in [1.165, 1.54) is 0 Å². The van der Waals surface area contributed by atoms with Gasteiger partial charge in [0, 0.05) is 17.5 Å². The first-order chi connectivity index (χ1) is 6.79. The Hall–Kier alpha value is -1.28. The molecule has 0 radical (unpaired) electrons. The average Bonchev–Trinajstić information content (AvgIpc) is 2.65. The summed E-state index contributed by atoms with van der Waals surface area (Å²) in [5.74, 6) is 1.33. The van der Waals surface area contributed by atoms with Gasteiger partial charge in [0.05, 0.1) is 5.69 Å². The Morgan fingerprint density at radius 2 is 2.00 bits per heavy atom. The number of hydrogen-bond acceptors (Lipinski definition) is 2. The molecular formula is C11H10ClNO. The van der Waals surface area contributed by atoms with E-state index in [1.54, 1.807) is 0 Å². The first-order valence-corrected chi connectivity index (χ1v) is 4.91. The summed E-state index contributed by atoms with van der Waals surface area (Å²) in [4.78, 5) is 0. The van der Waals surface area contributed by atoms with Crippen molar-refractivity contribution in [3.63, 3.8) is 0 Å². The summed E-state index contributed by atoms with van der Waals surface area (Å²) >= 11 is 5.69. The molecule has 0 amide bonds. The number of hydrogen-bond donors (Lipinski definition) is 0. The van der Waals surface area contributed by atoms with Crippen LogP contribution >= 0.6 is 11.6 Å². The van der Waals surface area contributed by atoms with Crippen LogP contribution in [-0.4, -0.2) is 5.16 Å². The molecule has 0 atom stereocenters. The lowest BCUT2D eigenvalue weighted by Gasteiger charge is -1.96. The summed E-state index contributed by atoms with van der Waals surface area (Å²) in [6.07, 6.45) is 0. The second kappa shape index (κ2) is 3.84. The van der Waals surface area contributed by atoms with Crippen LogP contribution < -0.4 is 0 Å². The number of halogens is 1. The Morgan fingerprint density at radius 1 is 1.29 bits per heavy atom. The van der Waals surface area contributed by atoms with Gasteiger partial charge in [0.2, 0.25) is 0 Å². The molecule has 2 nitrogen and oxygen atoms in total. The molecule has 0 spiro atoms. The summed E-state index contributed by atoms with van der Waals surface area (Å²) in [6, 6.07) is 9.85. The van der Waals surface area contributed by atoms with Gasteiger partial charge >= 0.3 is 0 Å². The fraction of sp³-hybridized carbons (Fsp3) is 0.182. The second-order valence-electron chi connectivity index (χ2n) is 3.16. The van der Waals surface area contributed by atoms with E-state index in [0.29, 0.717) is 5.88 Å². The molecule has 3 heteroatoms. The molecule has 0 fully saturated rings. The highest BCUT2D eigenvalue weighted by atomic mass is 35.5. The summed E-state index contributed by atoms with van der Waals surface area (Å²) in [6.45, 7) is 1.90. The highest BCUT2D eigenvalue weighted by molar-refractivity contribution is 6.17. The van der Waals surface area contributed by atoms with Gasteiger partial charge in [0.25, 0.3) is 0 Å². The monoisotopic (exact) mass is 207 g/mol. The molecule has 0 saturated heterocycles. The normalized spacial score (nSPS) is 10.4. The lowest BCUT2D eigenvalue weighted by molar-refractivity contribution is 0.427. The van der Waals surface area contributed by atoms with Crippen LogP contribution in [0.5, 0.6) is 0 Å². The minimum Gasteiger partial charge on any atom is -0.356 e. The zero-order valence-corrected chi connectivity index (χ0v) is 8.58. The van der Waals surface area contributed by atoms with Crippen LogP contribution in [-0.2, 0) is 5.88 Å². The van der Waals surface area contributed by atoms with E-state index in [4.69, 9.17) is 16.1 Å². The molecule has 72 valence electrons. The molecule has 0 N–H and O–H groups in total. The van der Waals surface area contributed by atoms with Crippen molar-refractivity contribution in [2.45, 2.75) is 12.8 Å². The average molecular weight is 208 g/mol. The Bertz CT molecular complexity index is 419. The van der Waals surface area contributed by atoms with Gasteiger partial charge in [-0.15, -0.1) is 11.6 Å². The molecule has 0 unspecified atom stereocenters. The first-order valence-electron chi connectivity index (χ1n) is 4.38. The SMILES string of the molecule is Cc1cc(-c2ccc(CCl)cc2)on1.